The third-order valence-corrected chi connectivity index (χ3v) is 1.40. The SMILES string of the molecule is C=C/C=C\C(OC)=C(/C)C(F)(F)F. The molecular weight excluding hydrogens is 181 g/mol. The molecule has 0 aliphatic heterocycles. The smallest absolute Gasteiger partial charge is 0.415 e. The number of halogens is 3. The fraction of sp³-hybridized carbons (Fsp3) is 0.333. The molecule has 0 amide bonds. The molecule has 0 aromatic carbocycles. The lowest BCUT2D eigenvalue weighted by Gasteiger charge is -2.10. The van der Waals surface area contributed by atoms with Gasteiger partial charge in [0, 0.05) is 0 Å². The number of hydrogen-bond acceptors (Lipinski definition) is 1. The molecule has 1 nitrogen and oxygen atoms in total. The number of allylic oxidation sites excluding steroid dienone is 4. The van der Waals surface area contributed by atoms with Crippen molar-refractivity contribution in [2.24, 2.45) is 0 Å². The van der Waals surface area contributed by atoms with E-state index in [4.69, 9.17) is 0 Å². The second kappa shape index (κ2) is 4.74. The monoisotopic (exact) mass is 192 g/mol. The maximum atomic E-state index is 12.1. The summed E-state index contributed by atoms with van der Waals surface area (Å²) in [6.45, 7) is 4.31. The van der Waals surface area contributed by atoms with E-state index in [2.05, 4.69) is 11.3 Å². The van der Waals surface area contributed by atoms with E-state index in [1.165, 1.54) is 25.3 Å². The van der Waals surface area contributed by atoms with E-state index in [-0.39, 0.29) is 5.76 Å². The van der Waals surface area contributed by atoms with Crippen molar-refractivity contribution < 1.29 is 17.9 Å². The molecule has 0 heterocycles. The minimum atomic E-state index is -4.35. The van der Waals surface area contributed by atoms with E-state index in [9.17, 15) is 13.2 Å². The zero-order valence-electron chi connectivity index (χ0n) is 7.48. The topological polar surface area (TPSA) is 9.23 Å². The summed E-state index contributed by atoms with van der Waals surface area (Å²) in [6, 6.07) is 0. The summed E-state index contributed by atoms with van der Waals surface area (Å²) in [6.07, 6.45) is -0.372. The van der Waals surface area contributed by atoms with E-state index in [0.29, 0.717) is 0 Å². The van der Waals surface area contributed by atoms with Crippen LogP contribution in [0.25, 0.3) is 0 Å². The molecule has 0 aliphatic carbocycles. The lowest BCUT2D eigenvalue weighted by atomic mass is 10.2. The van der Waals surface area contributed by atoms with Gasteiger partial charge in [0.15, 0.2) is 0 Å². The van der Waals surface area contributed by atoms with Crippen molar-refractivity contribution in [3.8, 4) is 0 Å². The highest BCUT2D eigenvalue weighted by Gasteiger charge is 2.32. The van der Waals surface area contributed by atoms with Crippen molar-refractivity contribution in [3.05, 3.63) is 36.1 Å². The highest BCUT2D eigenvalue weighted by molar-refractivity contribution is 5.24. The highest BCUT2D eigenvalue weighted by atomic mass is 19.4. The molecule has 0 saturated heterocycles. The van der Waals surface area contributed by atoms with Gasteiger partial charge >= 0.3 is 6.18 Å². The third-order valence-electron chi connectivity index (χ3n) is 1.40. The van der Waals surface area contributed by atoms with Gasteiger partial charge in [-0.15, -0.1) is 0 Å². The molecule has 0 fully saturated rings. The Kier molecular flexibility index (Phi) is 4.31. The van der Waals surface area contributed by atoms with Crippen molar-refractivity contribution in [1.82, 2.24) is 0 Å². The van der Waals surface area contributed by atoms with Gasteiger partial charge in [0.1, 0.15) is 5.76 Å². The van der Waals surface area contributed by atoms with Gasteiger partial charge in [-0.1, -0.05) is 18.7 Å². The van der Waals surface area contributed by atoms with Gasteiger partial charge in [-0.3, -0.25) is 0 Å². The predicted molar refractivity (Wildman–Crippen MR) is 45.1 cm³/mol. The molecule has 0 atom stereocenters. The average Bonchev–Trinajstić information content (AvgIpc) is 2.04. The van der Waals surface area contributed by atoms with Gasteiger partial charge in [-0.25, -0.2) is 0 Å². The molecular formula is C9H11F3O. The minimum absolute atomic E-state index is 0.201. The standard InChI is InChI=1S/C9H11F3O/c1-4-5-6-8(13-3)7(2)9(10,11)12/h4-6H,1H2,2-3H3/b6-5-,8-7-. The fourth-order valence-corrected chi connectivity index (χ4v) is 0.641. The van der Waals surface area contributed by atoms with Crippen LogP contribution >= 0.6 is 0 Å². The van der Waals surface area contributed by atoms with Crippen LogP contribution in [-0.2, 0) is 4.74 Å². The Morgan fingerprint density at radius 1 is 1.38 bits per heavy atom. The lowest BCUT2D eigenvalue weighted by Crippen LogP contribution is -2.11. The van der Waals surface area contributed by atoms with E-state index in [0.717, 1.165) is 6.92 Å². The first-order valence-electron chi connectivity index (χ1n) is 3.54. The van der Waals surface area contributed by atoms with E-state index >= 15 is 0 Å². The van der Waals surface area contributed by atoms with Gasteiger partial charge in [0.25, 0.3) is 0 Å². The van der Waals surface area contributed by atoms with Gasteiger partial charge in [0.2, 0.25) is 0 Å². The van der Waals surface area contributed by atoms with Gasteiger partial charge < -0.3 is 4.74 Å². The summed E-state index contributed by atoms with van der Waals surface area (Å²) in [5, 5.41) is 0. The minimum Gasteiger partial charge on any atom is -0.496 e. The second-order valence-electron chi connectivity index (χ2n) is 2.29. The summed E-state index contributed by atoms with van der Waals surface area (Å²) < 4.78 is 40.9. The molecule has 0 aromatic rings. The molecule has 0 unspecified atom stereocenters. The zero-order chi connectivity index (χ0) is 10.5. The molecule has 0 aromatic heterocycles. The Bertz CT molecular complexity index is 236. The Morgan fingerprint density at radius 3 is 2.23 bits per heavy atom. The average molecular weight is 192 g/mol. The normalized spacial score (nSPS) is 14.2. The molecule has 0 radical (unpaired) electrons. The lowest BCUT2D eigenvalue weighted by molar-refractivity contribution is -0.0941. The van der Waals surface area contributed by atoms with Crippen LogP contribution in [0.4, 0.5) is 13.2 Å². The molecule has 0 N–H and O–H groups in total. The van der Waals surface area contributed by atoms with Crippen LogP contribution in [0.3, 0.4) is 0 Å². The first-order valence-corrected chi connectivity index (χ1v) is 3.54. The van der Waals surface area contributed by atoms with E-state index < -0.39 is 11.7 Å². The van der Waals surface area contributed by atoms with Crippen molar-refractivity contribution in [2.75, 3.05) is 7.11 Å². The number of rotatable bonds is 3. The van der Waals surface area contributed by atoms with Crippen LogP contribution in [0.2, 0.25) is 0 Å². The van der Waals surface area contributed by atoms with Gasteiger partial charge in [0.05, 0.1) is 12.7 Å². The first-order chi connectivity index (χ1) is 5.93. The maximum absolute atomic E-state index is 12.1. The third kappa shape index (κ3) is 3.83. The quantitative estimate of drug-likeness (QED) is 0.492. The zero-order valence-corrected chi connectivity index (χ0v) is 7.48. The Balaban J connectivity index is 4.90. The van der Waals surface area contributed by atoms with Crippen LogP contribution < -0.4 is 0 Å². The van der Waals surface area contributed by atoms with Crippen molar-refractivity contribution in [2.45, 2.75) is 13.1 Å². The van der Waals surface area contributed by atoms with Crippen LogP contribution in [0.1, 0.15) is 6.92 Å². The first kappa shape index (κ1) is 11.8. The van der Waals surface area contributed by atoms with Gasteiger partial charge in [-0.2, -0.15) is 13.2 Å². The largest absolute Gasteiger partial charge is 0.496 e. The van der Waals surface area contributed by atoms with Gasteiger partial charge in [-0.05, 0) is 13.0 Å². The molecule has 13 heavy (non-hydrogen) atoms. The molecule has 0 spiro atoms. The number of alkyl halides is 3. The fourth-order valence-electron chi connectivity index (χ4n) is 0.641. The van der Waals surface area contributed by atoms with Crippen LogP contribution in [0, 0.1) is 0 Å². The van der Waals surface area contributed by atoms with Crippen LogP contribution in [0.15, 0.2) is 36.1 Å². The molecule has 0 bridgehead atoms. The summed E-state index contributed by atoms with van der Waals surface area (Å²) in [7, 11) is 1.19. The number of ether oxygens (including phenoxy) is 1. The van der Waals surface area contributed by atoms with Crippen LogP contribution in [-0.4, -0.2) is 13.3 Å². The molecule has 4 heteroatoms. The molecule has 0 rings (SSSR count). The number of methoxy groups -OCH3 is 1. The highest BCUT2D eigenvalue weighted by Crippen LogP contribution is 2.28. The number of hydrogen-bond donors (Lipinski definition) is 0. The molecule has 74 valence electrons. The summed E-state index contributed by atoms with van der Waals surface area (Å²) >= 11 is 0. The van der Waals surface area contributed by atoms with E-state index in [1.807, 2.05) is 0 Å². The second-order valence-corrected chi connectivity index (χ2v) is 2.29. The Morgan fingerprint density at radius 2 is 1.92 bits per heavy atom. The predicted octanol–water partition coefficient (Wildman–Crippen LogP) is 3.21. The maximum Gasteiger partial charge on any atom is 0.415 e. The Hall–Kier alpha value is -1.19. The summed E-state index contributed by atoms with van der Waals surface area (Å²) in [5.41, 5.74) is -0.756. The molecule has 0 saturated carbocycles. The summed E-state index contributed by atoms with van der Waals surface area (Å²) in [4.78, 5) is 0. The molecule has 0 aliphatic rings. The van der Waals surface area contributed by atoms with Crippen LogP contribution in [0.5, 0.6) is 0 Å². The Labute approximate surface area is 75.2 Å². The van der Waals surface area contributed by atoms with E-state index in [1.54, 1.807) is 0 Å². The summed E-state index contributed by atoms with van der Waals surface area (Å²) in [5.74, 6) is -0.201. The van der Waals surface area contributed by atoms with Crippen molar-refractivity contribution >= 4 is 0 Å². The van der Waals surface area contributed by atoms with Crippen molar-refractivity contribution in [3.63, 3.8) is 0 Å². The van der Waals surface area contributed by atoms with Crippen molar-refractivity contribution in [1.29, 1.82) is 0 Å².